The van der Waals surface area contributed by atoms with Crippen molar-refractivity contribution in [3.63, 3.8) is 0 Å². The van der Waals surface area contributed by atoms with E-state index in [1.54, 1.807) is 0 Å². The third kappa shape index (κ3) is 2.69. The number of halogens is 1. The molecule has 0 fully saturated rings. The molecule has 0 atom stereocenters. The first kappa shape index (κ1) is 19.1. The molecule has 2 heteroatoms. The Balaban J connectivity index is 2.28. The van der Waals surface area contributed by atoms with Crippen LogP contribution in [0.1, 0.15) is 11.1 Å². The number of benzene rings is 4. The Morgan fingerprint density at radius 2 is 0.893 bits per heavy atom. The van der Waals surface area contributed by atoms with Crippen molar-refractivity contribution in [2.45, 2.75) is 13.8 Å². The summed E-state index contributed by atoms with van der Waals surface area (Å²) in [6.07, 6.45) is 0. The second-order valence-electron chi connectivity index (χ2n) is 7.23. The first-order chi connectivity index (χ1) is 13.6. The van der Waals surface area contributed by atoms with Gasteiger partial charge in [-0.3, -0.25) is 0 Å². The molecule has 0 heterocycles. The summed E-state index contributed by atoms with van der Waals surface area (Å²) in [6.45, 7) is 4.45. The van der Waals surface area contributed by atoms with E-state index in [2.05, 4.69) is 139 Å². The topological polar surface area (TPSA) is 0 Å². The summed E-state index contributed by atoms with van der Waals surface area (Å²) in [6, 6.07) is 39.5. The zero-order valence-corrected chi connectivity index (χ0v) is 18.7. The van der Waals surface area contributed by atoms with Crippen LogP contribution in [0.3, 0.4) is 0 Å². The molecule has 4 aromatic rings. The van der Waals surface area contributed by atoms with Gasteiger partial charge in [-0.05, 0) is 0 Å². The van der Waals surface area contributed by atoms with Crippen molar-refractivity contribution in [1.82, 2.24) is 0 Å². The van der Waals surface area contributed by atoms with Gasteiger partial charge in [0, 0.05) is 0 Å². The van der Waals surface area contributed by atoms with Crippen LogP contribution in [-0.4, -0.2) is 0 Å². The fourth-order valence-corrected chi connectivity index (χ4v) is 12.6. The van der Waals surface area contributed by atoms with Gasteiger partial charge in [-0.15, -0.1) is 0 Å². The quantitative estimate of drug-likeness (QED) is 0.349. The van der Waals surface area contributed by atoms with E-state index in [1.165, 1.54) is 32.3 Å². The number of hydrogen-bond acceptors (Lipinski definition) is 0. The summed E-state index contributed by atoms with van der Waals surface area (Å²) in [4.78, 5) is 0. The number of hydrogen-bond donors (Lipinski definition) is 0. The molecular weight excluding hydrogens is 423 g/mol. The summed E-state index contributed by atoms with van der Waals surface area (Å²) in [7, 11) is 0. The first-order valence-corrected chi connectivity index (χ1v) is 13.8. The Morgan fingerprint density at radius 1 is 0.500 bits per heavy atom. The SMILES string of the molecule is Cc1cccc(P(Br)(c2ccccc2)(c2ccccc2)c2ccccc2)c1C. The van der Waals surface area contributed by atoms with Gasteiger partial charge < -0.3 is 0 Å². The molecule has 28 heavy (non-hydrogen) atoms. The Kier molecular flexibility index (Phi) is 5.00. The molecule has 4 aromatic carbocycles. The summed E-state index contributed by atoms with van der Waals surface area (Å²) >= 11 is 4.54. The fraction of sp³-hybridized carbons (Fsp3) is 0.0769. The van der Waals surface area contributed by atoms with E-state index in [0.717, 1.165) is 0 Å². The molecule has 0 radical (unpaired) electrons. The van der Waals surface area contributed by atoms with Crippen molar-refractivity contribution in [1.29, 1.82) is 0 Å². The Labute approximate surface area is 175 Å². The van der Waals surface area contributed by atoms with E-state index in [0.29, 0.717) is 0 Å². The summed E-state index contributed by atoms with van der Waals surface area (Å²) in [5.74, 6) is 0. The van der Waals surface area contributed by atoms with Crippen molar-refractivity contribution < 1.29 is 0 Å². The van der Waals surface area contributed by atoms with Gasteiger partial charge in [0.1, 0.15) is 0 Å². The van der Waals surface area contributed by atoms with Gasteiger partial charge in [-0.1, -0.05) is 0 Å². The van der Waals surface area contributed by atoms with Crippen LogP contribution in [0.4, 0.5) is 0 Å². The van der Waals surface area contributed by atoms with Crippen LogP contribution in [0, 0.1) is 13.8 Å². The van der Waals surface area contributed by atoms with Crippen molar-refractivity contribution in [2.24, 2.45) is 0 Å². The molecule has 0 aliphatic carbocycles. The molecule has 0 aromatic heterocycles. The van der Waals surface area contributed by atoms with Gasteiger partial charge in [0.05, 0.1) is 0 Å². The van der Waals surface area contributed by atoms with Crippen LogP contribution in [0.5, 0.6) is 0 Å². The second-order valence-corrected chi connectivity index (χ2v) is 15.5. The minimum atomic E-state index is -3.08. The molecule has 0 aliphatic heterocycles. The first-order valence-electron chi connectivity index (χ1n) is 9.54. The van der Waals surface area contributed by atoms with E-state index < -0.39 is 5.31 Å². The Bertz CT molecular complexity index is 990. The number of aryl methyl sites for hydroxylation is 1. The molecule has 0 spiro atoms. The molecule has 0 saturated heterocycles. The normalized spacial score (nSPS) is 12.9. The molecule has 4 rings (SSSR count). The fourth-order valence-electron chi connectivity index (χ4n) is 4.18. The van der Waals surface area contributed by atoms with Crippen molar-refractivity contribution in [2.75, 3.05) is 0 Å². The Morgan fingerprint density at radius 3 is 1.29 bits per heavy atom. The van der Waals surface area contributed by atoms with Crippen molar-refractivity contribution in [3.8, 4) is 0 Å². The maximum atomic E-state index is 4.54. The number of rotatable bonds is 4. The van der Waals surface area contributed by atoms with Crippen LogP contribution >= 0.6 is 20.8 Å². The second kappa shape index (κ2) is 7.32. The Hall–Kier alpha value is -2.21. The summed E-state index contributed by atoms with van der Waals surface area (Å²) in [5, 5.41) is 2.24. The standard InChI is InChI=1S/C26H24BrP/c1-21-13-12-20-26(22(21)2)28(27,23-14-6-3-7-15-23,24-16-8-4-9-17-24)25-18-10-5-11-19-25/h3-20H,1-2H3. The maximum absolute atomic E-state index is 4.54. The summed E-state index contributed by atoms with van der Waals surface area (Å²) in [5.41, 5.74) is 2.65. The van der Waals surface area contributed by atoms with Crippen LogP contribution in [-0.2, 0) is 0 Å². The molecule has 140 valence electrons. The van der Waals surface area contributed by atoms with Crippen LogP contribution in [0.2, 0.25) is 0 Å². The van der Waals surface area contributed by atoms with E-state index >= 15 is 0 Å². The average molecular weight is 447 g/mol. The molecule has 0 nitrogen and oxygen atoms in total. The zero-order valence-electron chi connectivity index (χ0n) is 16.2. The summed E-state index contributed by atoms with van der Waals surface area (Å²) < 4.78 is 0. The predicted molar refractivity (Wildman–Crippen MR) is 130 cm³/mol. The van der Waals surface area contributed by atoms with E-state index in [-0.39, 0.29) is 0 Å². The van der Waals surface area contributed by atoms with Gasteiger partial charge in [0.15, 0.2) is 0 Å². The monoisotopic (exact) mass is 446 g/mol. The zero-order chi connectivity index (χ0) is 19.6. The van der Waals surface area contributed by atoms with Crippen molar-refractivity contribution in [3.05, 3.63) is 120 Å². The third-order valence-electron chi connectivity index (χ3n) is 5.75. The molecule has 0 bridgehead atoms. The van der Waals surface area contributed by atoms with Gasteiger partial charge in [-0.25, -0.2) is 0 Å². The molecule has 0 aliphatic rings. The van der Waals surface area contributed by atoms with E-state index in [4.69, 9.17) is 0 Å². The minimum absolute atomic E-state index is 1.31. The van der Waals surface area contributed by atoms with Crippen LogP contribution in [0.15, 0.2) is 109 Å². The molecule has 0 unspecified atom stereocenters. The van der Waals surface area contributed by atoms with Crippen molar-refractivity contribution >= 4 is 42.0 Å². The van der Waals surface area contributed by atoms with Gasteiger partial charge >= 0.3 is 176 Å². The molecule has 0 saturated carbocycles. The van der Waals surface area contributed by atoms with Crippen LogP contribution < -0.4 is 21.2 Å². The molecule has 0 amide bonds. The molecule has 0 N–H and O–H groups in total. The van der Waals surface area contributed by atoms with Gasteiger partial charge in [-0.2, -0.15) is 0 Å². The predicted octanol–water partition coefficient (Wildman–Crippen LogP) is 5.77. The van der Waals surface area contributed by atoms with E-state index in [1.807, 2.05) is 0 Å². The van der Waals surface area contributed by atoms with Gasteiger partial charge in [0.2, 0.25) is 0 Å². The van der Waals surface area contributed by atoms with E-state index in [9.17, 15) is 0 Å². The third-order valence-corrected chi connectivity index (χ3v) is 15.8. The van der Waals surface area contributed by atoms with Crippen LogP contribution in [0.25, 0.3) is 0 Å². The average Bonchev–Trinajstić information content (AvgIpc) is 2.77. The molecular formula is C26H24BrP. The van der Waals surface area contributed by atoms with Gasteiger partial charge in [0.25, 0.3) is 0 Å².